The molecule has 106 valence electrons. The summed E-state index contributed by atoms with van der Waals surface area (Å²) in [4.78, 5) is 16.4. The van der Waals surface area contributed by atoms with Crippen LogP contribution in [-0.4, -0.2) is 26.7 Å². The highest BCUT2D eigenvalue weighted by atomic mass is 32.2. The molecule has 0 saturated carbocycles. The number of benzene rings is 1. The lowest BCUT2D eigenvalue weighted by Gasteiger charge is -2.12. The first-order chi connectivity index (χ1) is 8.77. The van der Waals surface area contributed by atoms with Crippen LogP contribution in [0.3, 0.4) is 0 Å². The van der Waals surface area contributed by atoms with E-state index in [1.54, 1.807) is 32.9 Å². The van der Waals surface area contributed by atoms with Gasteiger partial charge in [0.2, 0.25) is 0 Å². The number of hydrogen-bond acceptors (Lipinski definition) is 4. The van der Waals surface area contributed by atoms with Gasteiger partial charge in [-0.1, -0.05) is 17.7 Å². The smallest absolute Gasteiger partial charge is 0.259 e. The van der Waals surface area contributed by atoms with Crippen molar-refractivity contribution in [3.8, 4) is 0 Å². The first-order valence-electron chi connectivity index (χ1n) is 5.99. The van der Waals surface area contributed by atoms with Crippen molar-refractivity contribution in [1.82, 2.24) is 5.48 Å². The summed E-state index contributed by atoms with van der Waals surface area (Å²) in [6.45, 7) is 7.34. The molecule has 19 heavy (non-hydrogen) atoms. The molecule has 1 rings (SSSR count). The minimum absolute atomic E-state index is 0.227. The molecular weight excluding hydrogens is 266 g/mol. The third kappa shape index (κ3) is 4.04. The minimum Gasteiger partial charge on any atom is -0.274 e. The summed E-state index contributed by atoms with van der Waals surface area (Å²) < 4.78 is 24.5. The average molecular weight is 285 g/mol. The van der Waals surface area contributed by atoms with Gasteiger partial charge in [-0.15, -0.1) is 0 Å². The second-order valence-corrected chi connectivity index (χ2v) is 6.37. The summed E-state index contributed by atoms with van der Waals surface area (Å²) in [7, 11) is -3.66. The van der Waals surface area contributed by atoms with Gasteiger partial charge in [-0.3, -0.25) is 9.63 Å². The molecule has 1 N–H and O–H groups in total. The van der Waals surface area contributed by atoms with Gasteiger partial charge < -0.3 is 0 Å². The minimum atomic E-state index is -3.66. The predicted octanol–water partition coefficient (Wildman–Crippen LogP) is 1.45. The van der Waals surface area contributed by atoms with Crippen LogP contribution in [0.25, 0.3) is 0 Å². The Kier molecular flexibility index (Phi) is 5.08. The molecule has 0 heterocycles. The molecule has 0 aliphatic carbocycles. The molecule has 0 aromatic heterocycles. The zero-order valence-corrected chi connectivity index (χ0v) is 12.4. The fourth-order valence-electron chi connectivity index (χ4n) is 2.08. The molecule has 0 saturated heterocycles. The molecule has 0 radical (unpaired) electrons. The van der Waals surface area contributed by atoms with Gasteiger partial charge in [0, 0.05) is 0 Å². The molecule has 0 aliphatic heterocycles. The summed E-state index contributed by atoms with van der Waals surface area (Å²) in [6.07, 6.45) is 0. The van der Waals surface area contributed by atoms with Gasteiger partial charge in [0.05, 0.1) is 11.5 Å². The van der Waals surface area contributed by atoms with Crippen LogP contribution < -0.4 is 5.48 Å². The van der Waals surface area contributed by atoms with E-state index in [1.807, 2.05) is 6.92 Å². The zero-order valence-electron chi connectivity index (χ0n) is 11.6. The molecule has 0 spiro atoms. The van der Waals surface area contributed by atoms with Gasteiger partial charge in [0.1, 0.15) is 5.75 Å². The van der Waals surface area contributed by atoms with E-state index in [0.717, 1.165) is 5.56 Å². The van der Waals surface area contributed by atoms with Crippen molar-refractivity contribution in [2.45, 2.75) is 32.6 Å². The molecule has 1 amide bonds. The van der Waals surface area contributed by atoms with E-state index < -0.39 is 21.5 Å². The largest absolute Gasteiger partial charge is 0.274 e. The van der Waals surface area contributed by atoms with Crippen LogP contribution in [0, 0.1) is 20.8 Å². The summed E-state index contributed by atoms with van der Waals surface area (Å²) in [5.74, 6) is -1.28. The van der Waals surface area contributed by atoms with Gasteiger partial charge in [-0.25, -0.2) is 13.9 Å². The number of nitrogens with one attached hydrogen (secondary N) is 1. The van der Waals surface area contributed by atoms with Crippen LogP contribution in [0.2, 0.25) is 0 Å². The van der Waals surface area contributed by atoms with E-state index in [4.69, 9.17) is 4.84 Å². The highest BCUT2D eigenvalue weighted by molar-refractivity contribution is 7.92. The van der Waals surface area contributed by atoms with E-state index in [9.17, 15) is 13.2 Å². The van der Waals surface area contributed by atoms with E-state index in [1.165, 1.54) is 0 Å². The molecule has 0 fully saturated rings. The number of sulfone groups is 1. The maximum absolute atomic E-state index is 12.2. The summed E-state index contributed by atoms with van der Waals surface area (Å²) in [5.41, 5.74) is 4.39. The number of carbonyl (C=O) groups excluding carboxylic acids is 1. The van der Waals surface area contributed by atoms with E-state index in [2.05, 4.69) is 5.48 Å². The lowest BCUT2D eigenvalue weighted by Crippen LogP contribution is -2.30. The highest BCUT2D eigenvalue weighted by Crippen LogP contribution is 2.22. The second-order valence-electron chi connectivity index (χ2n) is 4.45. The maximum atomic E-state index is 12.2. The maximum Gasteiger partial charge on any atom is 0.259 e. The second kappa shape index (κ2) is 6.16. The van der Waals surface area contributed by atoms with Crippen LogP contribution in [0.5, 0.6) is 0 Å². The summed E-state index contributed by atoms with van der Waals surface area (Å²) in [6, 6.07) is 3.58. The van der Waals surface area contributed by atoms with E-state index in [0.29, 0.717) is 11.1 Å². The molecule has 1 aromatic rings. The molecule has 0 bridgehead atoms. The van der Waals surface area contributed by atoms with E-state index in [-0.39, 0.29) is 11.5 Å². The predicted molar refractivity (Wildman–Crippen MR) is 72.5 cm³/mol. The van der Waals surface area contributed by atoms with Crippen LogP contribution in [-0.2, 0) is 19.5 Å². The molecule has 1 aromatic carbocycles. The number of rotatable bonds is 5. The zero-order chi connectivity index (χ0) is 14.6. The average Bonchev–Trinajstić information content (AvgIpc) is 2.23. The topological polar surface area (TPSA) is 72.5 Å². The van der Waals surface area contributed by atoms with Gasteiger partial charge in [0.25, 0.3) is 5.91 Å². The monoisotopic (exact) mass is 285 g/mol. The third-order valence-electron chi connectivity index (χ3n) is 2.57. The number of hydroxylamine groups is 1. The van der Waals surface area contributed by atoms with Crippen molar-refractivity contribution < 1.29 is 18.0 Å². The number of carbonyl (C=O) groups is 1. The molecule has 0 aliphatic rings. The Balaban J connectivity index is 3.05. The Bertz CT molecular complexity index is 555. The van der Waals surface area contributed by atoms with Crippen molar-refractivity contribution in [1.29, 1.82) is 0 Å². The van der Waals surface area contributed by atoms with Crippen molar-refractivity contribution in [3.05, 3.63) is 28.8 Å². The molecular formula is C13H19NO4S. The fraction of sp³-hybridized carbons (Fsp3) is 0.462. The Morgan fingerprint density at radius 2 is 1.74 bits per heavy atom. The SMILES string of the molecule is CCONC(=O)CS(=O)(=O)c1c(C)cc(C)cc1C. The van der Waals surface area contributed by atoms with Crippen LogP contribution in [0.4, 0.5) is 0 Å². The van der Waals surface area contributed by atoms with Crippen LogP contribution >= 0.6 is 0 Å². The first-order valence-corrected chi connectivity index (χ1v) is 7.64. The number of aryl methyl sites for hydroxylation is 3. The van der Waals surface area contributed by atoms with Crippen molar-refractivity contribution in [2.24, 2.45) is 0 Å². The van der Waals surface area contributed by atoms with Gasteiger partial charge in [0.15, 0.2) is 9.84 Å². The lowest BCUT2D eigenvalue weighted by atomic mass is 10.1. The summed E-state index contributed by atoms with van der Waals surface area (Å²) in [5, 5.41) is 0. The Labute approximate surface area is 113 Å². The summed E-state index contributed by atoms with van der Waals surface area (Å²) >= 11 is 0. The van der Waals surface area contributed by atoms with Crippen LogP contribution in [0.1, 0.15) is 23.6 Å². The third-order valence-corrected chi connectivity index (χ3v) is 4.48. The lowest BCUT2D eigenvalue weighted by molar-refractivity contribution is -0.130. The number of hydrogen-bond donors (Lipinski definition) is 1. The van der Waals surface area contributed by atoms with E-state index >= 15 is 0 Å². The quantitative estimate of drug-likeness (QED) is 0.831. The van der Waals surface area contributed by atoms with Crippen molar-refractivity contribution in [3.63, 3.8) is 0 Å². The fourth-order valence-corrected chi connectivity index (χ4v) is 3.73. The highest BCUT2D eigenvalue weighted by Gasteiger charge is 2.23. The Hall–Kier alpha value is -1.40. The van der Waals surface area contributed by atoms with Crippen molar-refractivity contribution >= 4 is 15.7 Å². The Morgan fingerprint density at radius 1 is 1.21 bits per heavy atom. The Morgan fingerprint density at radius 3 is 2.21 bits per heavy atom. The molecule has 5 nitrogen and oxygen atoms in total. The standard InChI is InChI=1S/C13H19NO4S/c1-5-18-14-12(15)8-19(16,17)13-10(3)6-9(2)7-11(13)4/h6-7H,5,8H2,1-4H3,(H,14,15). The van der Waals surface area contributed by atoms with Crippen molar-refractivity contribution in [2.75, 3.05) is 12.4 Å². The van der Waals surface area contributed by atoms with Gasteiger partial charge in [-0.2, -0.15) is 0 Å². The van der Waals surface area contributed by atoms with Gasteiger partial charge >= 0.3 is 0 Å². The van der Waals surface area contributed by atoms with Crippen LogP contribution in [0.15, 0.2) is 17.0 Å². The molecule has 6 heteroatoms. The normalized spacial score (nSPS) is 11.4. The first kappa shape index (κ1) is 15.7. The number of amides is 1. The molecule has 0 atom stereocenters. The molecule has 0 unspecified atom stereocenters. The van der Waals surface area contributed by atoms with Gasteiger partial charge in [-0.05, 0) is 38.8 Å².